The average molecular weight is 233 g/mol. The second-order valence-corrected chi connectivity index (χ2v) is 5.25. The van der Waals surface area contributed by atoms with Crippen LogP contribution in [0.3, 0.4) is 0 Å². The van der Waals surface area contributed by atoms with E-state index in [0.717, 1.165) is 24.3 Å². The molecule has 1 N–H and O–H groups in total. The molecule has 1 aromatic heterocycles. The largest absolute Gasteiger partial charge is 0.341 e. The highest BCUT2D eigenvalue weighted by atomic mass is 32.1. The van der Waals surface area contributed by atoms with Crippen LogP contribution in [0.15, 0.2) is 5.38 Å². The maximum Gasteiger partial charge on any atom is 0.253 e. The van der Waals surface area contributed by atoms with Gasteiger partial charge in [0.2, 0.25) is 0 Å². The van der Waals surface area contributed by atoms with Crippen molar-refractivity contribution >= 4 is 17.2 Å². The molecule has 0 aromatic carbocycles. The number of hydrogen-bond acceptors (Lipinski definition) is 2. The van der Waals surface area contributed by atoms with E-state index in [-0.39, 0.29) is 5.91 Å². The van der Waals surface area contributed by atoms with Crippen LogP contribution in [0.1, 0.15) is 34.1 Å². The van der Waals surface area contributed by atoms with Crippen molar-refractivity contribution in [3.63, 3.8) is 0 Å². The van der Waals surface area contributed by atoms with Gasteiger partial charge in [-0.05, 0) is 30.7 Å². The van der Waals surface area contributed by atoms with E-state index in [1.807, 2.05) is 5.38 Å². The summed E-state index contributed by atoms with van der Waals surface area (Å²) in [5.41, 5.74) is 2.08. The van der Waals surface area contributed by atoms with Gasteiger partial charge in [-0.25, -0.2) is 0 Å². The van der Waals surface area contributed by atoms with E-state index in [0.29, 0.717) is 6.54 Å². The molecule has 0 aliphatic heterocycles. The Morgan fingerprint density at radius 3 is 3.31 bits per heavy atom. The second-order valence-electron chi connectivity index (χ2n) is 4.29. The zero-order valence-electron chi connectivity index (χ0n) is 9.38. The van der Waals surface area contributed by atoms with E-state index in [2.05, 4.69) is 18.2 Å². The van der Waals surface area contributed by atoms with E-state index in [4.69, 9.17) is 6.42 Å². The van der Waals surface area contributed by atoms with Crippen molar-refractivity contribution in [1.82, 2.24) is 5.32 Å². The molecule has 0 bridgehead atoms. The van der Waals surface area contributed by atoms with E-state index in [1.165, 1.54) is 16.9 Å². The van der Waals surface area contributed by atoms with Crippen LogP contribution in [0, 0.1) is 18.3 Å². The minimum absolute atomic E-state index is 0.0231. The lowest BCUT2D eigenvalue weighted by atomic mass is 9.88. The molecule has 1 atom stereocenters. The Kier molecular flexibility index (Phi) is 3.31. The highest BCUT2D eigenvalue weighted by Crippen LogP contribution is 2.32. The van der Waals surface area contributed by atoms with E-state index in [9.17, 15) is 4.79 Å². The van der Waals surface area contributed by atoms with Gasteiger partial charge in [-0.1, -0.05) is 12.8 Å². The van der Waals surface area contributed by atoms with E-state index >= 15 is 0 Å². The zero-order valence-corrected chi connectivity index (χ0v) is 10.2. The normalized spacial score (nSPS) is 18.6. The first-order chi connectivity index (χ1) is 7.72. The summed E-state index contributed by atoms with van der Waals surface area (Å²) in [7, 11) is 0. The number of carbonyl (C=O) groups is 1. The summed E-state index contributed by atoms with van der Waals surface area (Å²) in [6, 6.07) is 0. The molecule has 1 aromatic rings. The molecule has 0 saturated heterocycles. The first kappa shape index (κ1) is 11.2. The lowest BCUT2D eigenvalue weighted by Crippen LogP contribution is -2.24. The molecule has 16 heavy (non-hydrogen) atoms. The van der Waals surface area contributed by atoms with E-state index < -0.39 is 0 Å². The van der Waals surface area contributed by atoms with Crippen LogP contribution in [-0.4, -0.2) is 12.5 Å². The molecule has 1 aliphatic carbocycles. The maximum absolute atomic E-state index is 11.8. The average Bonchev–Trinajstić information content (AvgIpc) is 2.68. The molecule has 1 amide bonds. The molecular weight excluding hydrogens is 218 g/mol. The van der Waals surface area contributed by atoms with Crippen LogP contribution in [0.5, 0.6) is 0 Å². The number of carbonyl (C=O) groups excluding carboxylic acids is 1. The second kappa shape index (κ2) is 4.71. The van der Waals surface area contributed by atoms with Crippen LogP contribution < -0.4 is 5.32 Å². The fourth-order valence-corrected chi connectivity index (χ4v) is 3.34. The molecule has 2 nitrogen and oxygen atoms in total. The van der Waals surface area contributed by atoms with Gasteiger partial charge in [-0.2, -0.15) is 0 Å². The SMILES string of the molecule is C#CCNC(=O)c1csc2c1CCC(C)C2. The monoisotopic (exact) mass is 233 g/mol. The Balaban J connectivity index is 2.18. The fourth-order valence-electron chi connectivity index (χ4n) is 2.09. The zero-order chi connectivity index (χ0) is 11.5. The summed E-state index contributed by atoms with van der Waals surface area (Å²) >= 11 is 1.71. The molecule has 1 heterocycles. The quantitative estimate of drug-likeness (QED) is 0.780. The van der Waals surface area contributed by atoms with Gasteiger partial charge in [0, 0.05) is 10.3 Å². The maximum atomic E-state index is 11.8. The van der Waals surface area contributed by atoms with Crippen LogP contribution in [-0.2, 0) is 12.8 Å². The van der Waals surface area contributed by atoms with Crippen molar-refractivity contribution in [2.24, 2.45) is 5.92 Å². The first-order valence-electron chi connectivity index (χ1n) is 5.53. The molecule has 0 fully saturated rings. The third kappa shape index (κ3) is 2.12. The number of hydrogen-bond donors (Lipinski definition) is 1. The number of fused-ring (bicyclic) bond motifs is 1. The molecule has 2 rings (SSSR count). The summed E-state index contributed by atoms with van der Waals surface area (Å²) < 4.78 is 0. The predicted molar refractivity (Wildman–Crippen MR) is 66.7 cm³/mol. The molecule has 84 valence electrons. The van der Waals surface area contributed by atoms with Crippen LogP contribution in [0.4, 0.5) is 0 Å². The van der Waals surface area contributed by atoms with Crippen molar-refractivity contribution in [1.29, 1.82) is 0 Å². The first-order valence-corrected chi connectivity index (χ1v) is 6.41. The van der Waals surface area contributed by atoms with Crippen molar-refractivity contribution in [3.05, 3.63) is 21.4 Å². The molecule has 0 saturated carbocycles. The molecular formula is C13H15NOS. The topological polar surface area (TPSA) is 29.1 Å². The predicted octanol–water partition coefficient (Wildman–Crippen LogP) is 2.24. The molecule has 0 spiro atoms. The van der Waals surface area contributed by atoms with Gasteiger partial charge in [0.25, 0.3) is 5.91 Å². The van der Waals surface area contributed by atoms with Gasteiger partial charge in [0.05, 0.1) is 12.1 Å². The lowest BCUT2D eigenvalue weighted by molar-refractivity contribution is 0.0958. The Bertz CT molecular complexity index is 441. The van der Waals surface area contributed by atoms with Crippen molar-refractivity contribution < 1.29 is 4.79 Å². The third-order valence-corrected chi connectivity index (χ3v) is 4.05. The summed E-state index contributed by atoms with van der Waals surface area (Å²) in [6.45, 7) is 2.57. The number of thiophene rings is 1. The Hall–Kier alpha value is -1.27. The van der Waals surface area contributed by atoms with Crippen molar-refractivity contribution in [3.8, 4) is 12.3 Å². The summed E-state index contributed by atoms with van der Waals surface area (Å²) in [6.07, 6.45) is 8.44. The summed E-state index contributed by atoms with van der Waals surface area (Å²) in [4.78, 5) is 13.2. The van der Waals surface area contributed by atoms with Crippen LogP contribution in [0.2, 0.25) is 0 Å². The van der Waals surface area contributed by atoms with Crippen LogP contribution in [0.25, 0.3) is 0 Å². The minimum Gasteiger partial charge on any atom is -0.341 e. The molecule has 1 unspecified atom stereocenters. The Morgan fingerprint density at radius 1 is 1.75 bits per heavy atom. The standard InChI is InChI=1S/C13H15NOS/c1-3-6-14-13(15)11-8-16-12-7-9(2)4-5-10(11)12/h1,8-9H,4-7H2,2H3,(H,14,15). The van der Waals surface area contributed by atoms with Gasteiger partial charge >= 0.3 is 0 Å². The van der Waals surface area contributed by atoms with Gasteiger partial charge in [0.15, 0.2) is 0 Å². The molecule has 0 radical (unpaired) electrons. The smallest absolute Gasteiger partial charge is 0.253 e. The highest BCUT2D eigenvalue weighted by molar-refractivity contribution is 7.10. The number of amides is 1. The van der Waals surface area contributed by atoms with Gasteiger partial charge in [-0.15, -0.1) is 17.8 Å². The van der Waals surface area contributed by atoms with Gasteiger partial charge < -0.3 is 5.32 Å². The summed E-state index contributed by atoms with van der Waals surface area (Å²) in [5, 5.41) is 4.69. The third-order valence-electron chi connectivity index (χ3n) is 3.00. The van der Waals surface area contributed by atoms with Crippen LogP contribution >= 0.6 is 11.3 Å². The van der Waals surface area contributed by atoms with Crippen molar-refractivity contribution in [2.75, 3.05) is 6.54 Å². The van der Waals surface area contributed by atoms with Gasteiger partial charge in [0.1, 0.15) is 0 Å². The molecule has 3 heteroatoms. The Morgan fingerprint density at radius 2 is 2.56 bits per heavy atom. The summed E-state index contributed by atoms with van der Waals surface area (Å²) in [5.74, 6) is 3.14. The van der Waals surface area contributed by atoms with Gasteiger partial charge in [-0.3, -0.25) is 4.79 Å². The Labute approximate surface area is 100 Å². The number of terminal acetylenes is 1. The lowest BCUT2D eigenvalue weighted by Gasteiger charge is -2.18. The van der Waals surface area contributed by atoms with E-state index in [1.54, 1.807) is 11.3 Å². The number of nitrogens with one attached hydrogen (secondary N) is 1. The number of rotatable bonds is 2. The molecule has 1 aliphatic rings. The van der Waals surface area contributed by atoms with Crippen molar-refractivity contribution in [2.45, 2.75) is 26.2 Å². The highest BCUT2D eigenvalue weighted by Gasteiger charge is 2.22. The fraction of sp³-hybridized carbons (Fsp3) is 0.462. The minimum atomic E-state index is -0.0231.